The van der Waals surface area contributed by atoms with Crippen LogP contribution in [0, 0.1) is 0 Å². The fraction of sp³-hybridized carbons (Fsp3) is 0.583. The van der Waals surface area contributed by atoms with Crippen LogP contribution in [0.1, 0.15) is 33.4 Å². The van der Waals surface area contributed by atoms with Crippen molar-refractivity contribution in [2.24, 2.45) is 5.73 Å². The van der Waals surface area contributed by atoms with Crippen LogP contribution in [0.25, 0.3) is 0 Å². The molecule has 1 aromatic heterocycles. The van der Waals surface area contributed by atoms with Gasteiger partial charge in [0, 0.05) is 18.2 Å². The normalized spacial score (nSPS) is 21.3. The highest BCUT2D eigenvalue weighted by atomic mass is 16.7. The third-order valence-electron chi connectivity index (χ3n) is 3.69. The second-order valence-electron chi connectivity index (χ2n) is 5.53. The quantitative estimate of drug-likeness (QED) is 0.749. The zero-order chi connectivity index (χ0) is 13.6. The lowest BCUT2D eigenvalue weighted by Crippen LogP contribution is -2.41. The Bertz CT molecular complexity index is 447. The van der Waals surface area contributed by atoms with Gasteiger partial charge in [-0.05, 0) is 33.8 Å². The van der Waals surface area contributed by atoms with E-state index in [1.165, 1.54) is 0 Å². The first kappa shape index (κ1) is 13.3. The average molecular weight is 250 g/mol. The molecule has 3 N–H and O–H groups in total. The third-order valence-corrected chi connectivity index (χ3v) is 3.69. The molecule has 0 unspecified atom stereocenters. The lowest BCUT2D eigenvalue weighted by atomic mass is 9.80. The number of nitrogens with zero attached hydrogens (tertiary/aromatic N) is 1. The maximum absolute atomic E-state index is 9.76. The molecule has 1 fully saturated rings. The first-order valence-electron chi connectivity index (χ1n) is 6.00. The molecule has 0 amide bonds. The standard InChI is InChI=1S/C12H19BN2O3/c1-11(2)12(3,4)18-13(17-11)8-5-10(16)9(6-14)15-7-8/h5,7,16H,6,14H2,1-4H3. The van der Waals surface area contributed by atoms with Crippen LogP contribution in [0.5, 0.6) is 5.75 Å². The van der Waals surface area contributed by atoms with Gasteiger partial charge in [-0.3, -0.25) is 4.98 Å². The molecule has 18 heavy (non-hydrogen) atoms. The van der Waals surface area contributed by atoms with Gasteiger partial charge in [0.05, 0.1) is 16.9 Å². The summed E-state index contributed by atoms with van der Waals surface area (Å²) in [5, 5.41) is 9.76. The van der Waals surface area contributed by atoms with E-state index in [4.69, 9.17) is 15.0 Å². The fourth-order valence-electron chi connectivity index (χ4n) is 1.76. The molecule has 2 heterocycles. The van der Waals surface area contributed by atoms with E-state index in [1.807, 2.05) is 27.7 Å². The van der Waals surface area contributed by atoms with Gasteiger partial charge in [-0.15, -0.1) is 0 Å². The van der Waals surface area contributed by atoms with Crippen LogP contribution >= 0.6 is 0 Å². The smallest absolute Gasteiger partial charge is 0.496 e. The molecule has 1 saturated heterocycles. The van der Waals surface area contributed by atoms with Crippen LogP contribution in [0.2, 0.25) is 0 Å². The van der Waals surface area contributed by atoms with Crippen molar-refractivity contribution in [2.75, 3.05) is 0 Å². The predicted molar refractivity (Wildman–Crippen MR) is 69.5 cm³/mol. The lowest BCUT2D eigenvalue weighted by molar-refractivity contribution is 0.00578. The second kappa shape index (κ2) is 4.22. The lowest BCUT2D eigenvalue weighted by Gasteiger charge is -2.32. The van der Waals surface area contributed by atoms with Crippen LogP contribution in [0.15, 0.2) is 12.3 Å². The van der Waals surface area contributed by atoms with Crippen LogP contribution in [0.4, 0.5) is 0 Å². The minimum atomic E-state index is -0.514. The Labute approximate surface area is 107 Å². The van der Waals surface area contributed by atoms with E-state index in [-0.39, 0.29) is 12.3 Å². The van der Waals surface area contributed by atoms with Gasteiger partial charge < -0.3 is 20.1 Å². The van der Waals surface area contributed by atoms with Crippen molar-refractivity contribution in [3.8, 4) is 5.75 Å². The topological polar surface area (TPSA) is 77.6 Å². The Kier molecular flexibility index (Phi) is 3.13. The Morgan fingerprint density at radius 1 is 1.28 bits per heavy atom. The molecule has 0 bridgehead atoms. The number of hydrogen-bond acceptors (Lipinski definition) is 5. The molecule has 0 aromatic carbocycles. The summed E-state index contributed by atoms with van der Waals surface area (Å²) in [5.74, 6) is 0.0738. The number of aromatic hydroxyl groups is 1. The molecule has 98 valence electrons. The van der Waals surface area contributed by atoms with Gasteiger partial charge in [0.1, 0.15) is 5.75 Å². The Balaban J connectivity index is 2.27. The van der Waals surface area contributed by atoms with E-state index >= 15 is 0 Å². The Hall–Kier alpha value is -1.11. The highest BCUT2D eigenvalue weighted by Crippen LogP contribution is 2.36. The van der Waals surface area contributed by atoms with Crippen molar-refractivity contribution >= 4 is 12.6 Å². The molecule has 0 radical (unpaired) electrons. The summed E-state index contributed by atoms with van der Waals surface area (Å²) in [7, 11) is -0.514. The van der Waals surface area contributed by atoms with E-state index in [2.05, 4.69) is 4.98 Å². The molecule has 0 atom stereocenters. The van der Waals surface area contributed by atoms with Gasteiger partial charge in [0.15, 0.2) is 0 Å². The highest BCUT2D eigenvalue weighted by molar-refractivity contribution is 6.62. The van der Waals surface area contributed by atoms with Gasteiger partial charge in [0.25, 0.3) is 0 Å². The molecular formula is C12H19BN2O3. The second-order valence-corrected chi connectivity index (χ2v) is 5.53. The molecule has 2 rings (SSSR count). The molecule has 6 heteroatoms. The van der Waals surface area contributed by atoms with Crippen molar-refractivity contribution in [1.29, 1.82) is 0 Å². The highest BCUT2D eigenvalue weighted by Gasteiger charge is 2.51. The minimum absolute atomic E-state index is 0.0738. The molecule has 0 aliphatic carbocycles. The van der Waals surface area contributed by atoms with Crippen molar-refractivity contribution in [1.82, 2.24) is 4.98 Å². The summed E-state index contributed by atoms with van der Waals surface area (Å²) in [6, 6.07) is 1.59. The van der Waals surface area contributed by atoms with E-state index in [0.29, 0.717) is 11.2 Å². The van der Waals surface area contributed by atoms with Crippen molar-refractivity contribution in [2.45, 2.75) is 45.4 Å². The summed E-state index contributed by atoms with van der Waals surface area (Å²) >= 11 is 0. The first-order valence-corrected chi connectivity index (χ1v) is 6.00. The van der Waals surface area contributed by atoms with Crippen molar-refractivity contribution < 1.29 is 14.4 Å². The molecule has 1 aromatic rings. The van der Waals surface area contributed by atoms with Gasteiger partial charge in [-0.1, -0.05) is 0 Å². The maximum atomic E-state index is 9.76. The van der Waals surface area contributed by atoms with Gasteiger partial charge >= 0.3 is 7.12 Å². The molecular weight excluding hydrogens is 231 g/mol. The largest absolute Gasteiger partial charge is 0.506 e. The number of pyridine rings is 1. The SMILES string of the molecule is CC1(C)OB(c2cnc(CN)c(O)c2)OC1(C)C. The maximum Gasteiger partial charge on any atom is 0.496 e. The molecule has 5 nitrogen and oxygen atoms in total. The van der Waals surface area contributed by atoms with Gasteiger partial charge in [-0.2, -0.15) is 0 Å². The number of hydrogen-bond donors (Lipinski definition) is 2. The van der Waals surface area contributed by atoms with Crippen molar-refractivity contribution in [3.05, 3.63) is 18.0 Å². The summed E-state index contributed by atoms with van der Waals surface area (Å²) in [6.45, 7) is 8.13. The Morgan fingerprint density at radius 3 is 2.28 bits per heavy atom. The van der Waals surface area contributed by atoms with Crippen LogP contribution in [-0.2, 0) is 15.9 Å². The fourth-order valence-corrected chi connectivity index (χ4v) is 1.76. The number of rotatable bonds is 2. The molecule has 1 aliphatic rings. The predicted octanol–water partition coefficient (Wildman–Crippen LogP) is 0.545. The van der Waals surface area contributed by atoms with Crippen LogP contribution < -0.4 is 11.2 Å². The first-order chi connectivity index (χ1) is 8.27. The monoisotopic (exact) mass is 250 g/mol. The van der Waals surface area contributed by atoms with Crippen LogP contribution in [0.3, 0.4) is 0 Å². The van der Waals surface area contributed by atoms with E-state index in [9.17, 15) is 5.11 Å². The summed E-state index contributed by atoms with van der Waals surface area (Å²) in [5.41, 5.74) is 5.81. The van der Waals surface area contributed by atoms with Crippen molar-refractivity contribution in [3.63, 3.8) is 0 Å². The molecule has 0 saturated carbocycles. The Morgan fingerprint density at radius 2 is 1.83 bits per heavy atom. The molecule has 0 spiro atoms. The summed E-state index contributed by atoms with van der Waals surface area (Å²) < 4.78 is 11.7. The summed E-state index contributed by atoms with van der Waals surface area (Å²) in [6.07, 6.45) is 1.63. The molecule has 1 aliphatic heterocycles. The van der Waals surface area contributed by atoms with Gasteiger partial charge in [-0.25, -0.2) is 0 Å². The van der Waals surface area contributed by atoms with E-state index < -0.39 is 18.3 Å². The number of nitrogens with two attached hydrogens (primary N) is 1. The zero-order valence-electron chi connectivity index (χ0n) is 11.2. The van der Waals surface area contributed by atoms with E-state index in [0.717, 1.165) is 0 Å². The zero-order valence-corrected chi connectivity index (χ0v) is 11.2. The summed E-state index contributed by atoms with van der Waals surface area (Å²) in [4.78, 5) is 4.10. The van der Waals surface area contributed by atoms with Crippen LogP contribution in [-0.4, -0.2) is 28.4 Å². The van der Waals surface area contributed by atoms with Gasteiger partial charge in [0.2, 0.25) is 0 Å². The third kappa shape index (κ3) is 2.11. The minimum Gasteiger partial charge on any atom is -0.506 e. The average Bonchev–Trinajstić information content (AvgIpc) is 2.48. The number of aromatic nitrogens is 1. The van der Waals surface area contributed by atoms with E-state index in [1.54, 1.807) is 12.3 Å².